The van der Waals surface area contributed by atoms with Gasteiger partial charge in [0.25, 0.3) is 0 Å². The fraction of sp³-hybridized carbons (Fsp3) is 1.00. The van der Waals surface area contributed by atoms with Crippen molar-refractivity contribution in [3.8, 4) is 0 Å². The Balaban J connectivity index is 3.92. The summed E-state index contributed by atoms with van der Waals surface area (Å²) in [5.74, 6) is 0. The first-order valence-electron chi connectivity index (χ1n) is 4.09. The van der Waals surface area contributed by atoms with Gasteiger partial charge in [0.1, 0.15) is 6.23 Å². The van der Waals surface area contributed by atoms with Gasteiger partial charge < -0.3 is 31.9 Å². The van der Waals surface area contributed by atoms with E-state index in [4.69, 9.17) is 26.8 Å². The standard InChI is InChI=1S/C7H18N2O4/c1-3(10)4(11)2-5(12)6(8)7(9)13/h3-7,10-13H,2,8-9H2,1H3. The molecule has 6 heteroatoms. The summed E-state index contributed by atoms with van der Waals surface area (Å²) >= 11 is 0. The van der Waals surface area contributed by atoms with Crippen molar-refractivity contribution in [2.45, 2.75) is 43.9 Å². The van der Waals surface area contributed by atoms with E-state index in [-0.39, 0.29) is 6.42 Å². The van der Waals surface area contributed by atoms with Crippen LogP contribution in [0.3, 0.4) is 0 Å². The SMILES string of the molecule is CC(O)C(O)CC(O)C(N)C(N)O. The van der Waals surface area contributed by atoms with Gasteiger partial charge in [-0.15, -0.1) is 0 Å². The van der Waals surface area contributed by atoms with Crippen LogP contribution in [0.25, 0.3) is 0 Å². The van der Waals surface area contributed by atoms with E-state index in [1.165, 1.54) is 6.92 Å². The highest BCUT2D eigenvalue weighted by atomic mass is 16.3. The molecule has 0 aromatic heterocycles. The lowest BCUT2D eigenvalue weighted by Gasteiger charge is -2.24. The van der Waals surface area contributed by atoms with Crippen LogP contribution in [0.5, 0.6) is 0 Å². The molecule has 0 saturated heterocycles. The molecule has 0 spiro atoms. The van der Waals surface area contributed by atoms with E-state index in [9.17, 15) is 5.11 Å². The molecule has 0 aliphatic carbocycles. The normalized spacial score (nSPS) is 23.3. The lowest BCUT2D eigenvalue weighted by Crippen LogP contribution is -2.50. The first-order valence-corrected chi connectivity index (χ1v) is 4.09. The van der Waals surface area contributed by atoms with Crippen LogP contribution in [0.2, 0.25) is 0 Å². The lowest BCUT2D eigenvalue weighted by molar-refractivity contribution is -0.0218. The predicted molar refractivity (Wildman–Crippen MR) is 46.5 cm³/mol. The smallest absolute Gasteiger partial charge is 0.120 e. The van der Waals surface area contributed by atoms with Crippen LogP contribution in [-0.2, 0) is 0 Å². The first-order chi connectivity index (χ1) is 5.86. The molecule has 0 rings (SSSR count). The summed E-state index contributed by atoms with van der Waals surface area (Å²) in [5.41, 5.74) is 10.3. The number of hydrogen-bond donors (Lipinski definition) is 6. The highest BCUT2D eigenvalue weighted by Gasteiger charge is 2.24. The van der Waals surface area contributed by atoms with E-state index in [1.807, 2.05) is 0 Å². The Labute approximate surface area is 76.8 Å². The summed E-state index contributed by atoms with van der Waals surface area (Å²) in [6.45, 7) is 1.39. The molecule has 5 unspecified atom stereocenters. The maximum absolute atomic E-state index is 9.27. The molecule has 0 aromatic rings. The van der Waals surface area contributed by atoms with Crippen LogP contribution in [0, 0.1) is 0 Å². The van der Waals surface area contributed by atoms with Crippen LogP contribution in [0.4, 0.5) is 0 Å². The average molecular weight is 194 g/mol. The highest BCUT2D eigenvalue weighted by molar-refractivity contribution is 4.79. The van der Waals surface area contributed by atoms with Crippen LogP contribution in [0.15, 0.2) is 0 Å². The van der Waals surface area contributed by atoms with Gasteiger partial charge in [-0.1, -0.05) is 0 Å². The molecule has 80 valence electrons. The first kappa shape index (κ1) is 12.8. The fourth-order valence-corrected chi connectivity index (χ4v) is 0.829. The number of nitrogens with two attached hydrogens (primary N) is 2. The Morgan fingerprint density at radius 3 is 1.77 bits per heavy atom. The molecule has 0 amide bonds. The zero-order valence-corrected chi connectivity index (χ0v) is 7.54. The summed E-state index contributed by atoms with van der Waals surface area (Å²) in [4.78, 5) is 0. The monoisotopic (exact) mass is 194 g/mol. The van der Waals surface area contributed by atoms with E-state index < -0.39 is 30.6 Å². The van der Waals surface area contributed by atoms with E-state index in [0.29, 0.717) is 0 Å². The largest absolute Gasteiger partial charge is 0.391 e. The van der Waals surface area contributed by atoms with Gasteiger partial charge in [-0.2, -0.15) is 0 Å². The minimum absolute atomic E-state index is 0.118. The molecule has 0 fully saturated rings. The summed E-state index contributed by atoms with van der Waals surface area (Å²) in [6.07, 6.45) is -4.61. The molecule has 13 heavy (non-hydrogen) atoms. The minimum Gasteiger partial charge on any atom is -0.391 e. The number of rotatable bonds is 5. The summed E-state index contributed by atoms with van der Waals surface area (Å²) in [7, 11) is 0. The second-order valence-corrected chi connectivity index (χ2v) is 3.18. The Morgan fingerprint density at radius 1 is 1.00 bits per heavy atom. The van der Waals surface area contributed by atoms with Crippen LogP contribution < -0.4 is 11.5 Å². The second kappa shape index (κ2) is 5.48. The Bertz CT molecular complexity index is 142. The van der Waals surface area contributed by atoms with Gasteiger partial charge in [0.15, 0.2) is 0 Å². The lowest BCUT2D eigenvalue weighted by atomic mass is 10.0. The van der Waals surface area contributed by atoms with Crippen molar-refractivity contribution in [1.82, 2.24) is 0 Å². The van der Waals surface area contributed by atoms with Crippen molar-refractivity contribution in [2.24, 2.45) is 11.5 Å². The maximum Gasteiger partial charge on any atom is 0.120 e. The minimum atomic E-state index is -1.34. The van der Waals surface area contributed by atoms with Gasteiger partial charge in [0.2, 0.25) is 0 Å². The summed E-state index contributed by atoms with van der Waals surface area (Å²) < 4.78 is 0. The zero-order valence-electron chi connectivity index (χ0n) is 7.54. The van der Waals surface area contributed by atoms with E-state index in [0.717, 1.165) is 0 Å². The Hall–Kier alpha value is -0.240. The Kier molecular flexibility index (Phi) is 5.38. The molecule has 0 saturated carbocycles. The predicted octanol–water partition coefficient (Wildman–Crippen LogP) is -2.92. The third kappa shape index (κ3) is 4.51. The van der Waals surface area contributed by atoms with Crippen molar-refractivity contribution in [3.05, 3.63) is 0 Å². The van der Waals surface area contributed by atoms with Crippen molar-refractivity contribution < 1.29 is 20.4 Å². The van der Waals surface area contributed by atoms with Gasteiger partial charge in [-0.05, 0) is 6.92 Å². The zero-order chi connectivity index (χ0) is 10.6. The molecule has 6 nitrogen and oxygen atoms in total. The number of aliphatic hydroxyl groups is 4. The van der Waals surface area contributed by atoms with Crippen molar-refractivity contribution >= 4 is 0 Å². The quantitative estimate of drug-likeness (QED) is 0.260. The highest BCUT2D eigenvalue weighted by Crippen LogP contribution is 2.06. The van der Waals surface area contributed by atoms with Crippen LogP contribution >= 0.6 is 0 Å². The molecular formula is C7H18N2O4. The van der Waals surface area contributed by atoms with Gasteiger partial charge in [0, 0.05) is 6.42 Å². The second-order valence-electron chi connectivity index (χ2n) is 3.18. The number of hydrogen-bond acceptors (Lipinski definition) is 6. The van der Waals surface area contributed by atoms with Gasteiger partial charge in [0.05, 0.1) is 24.4 Å². The van der Waals surface area contributed by atoms with Gasteiger partial charge >= 0.3 is 0 Å². The molecule has 0 aliphatic rings. The van der Waals surface area contributed by atoms with Crippen molar-refractivity contribution in [2.75, 3.05) is 0 Å². The summed E-state index contributed by atoms with van der Waals surface area (Å²) in [5, 5.41) is 36.1. The van der Waals surface area contributed by atoms with Gasteiger partial charge in [-0.25, -0.2) is 0 Å². The van der Waals surface area contributed by atoms with E-state index >= 15 is 0 Å². The molecular weight excluding hydrogens is 176 g/mol. The average Bonchev–Trinajstić information content (AvgIpc) is 2.02. The Morgan fingerprint density at radius 2 is 1.46 bits per heavy atom. The molecule has 0 aliphatic heterocycles. The molecule has 0 aromatic carbocycles. The number of aliphatic hydroxyl groups excluding tert-OH is 4. The van der Waals surface area contributed by atoms with E-state index in [2.05, 4.69) is 0 Å². The van der Waals surface area contributed by atoms with Crippen LogP contribution in [-0.4, -0.2) is 51.0 Å². The summed E-state index contributed by atoms with van der Waals surface area (Å²) in [6, 6.07) is -1.02. The molecule has 0 heterocycles. The topological polar surface area (TPSA) is 133 Å². The fourth-order valence-electron chi connectivity index (χ4n) is 0.829. The maximum atomic E-state index is 9.27. The van der Waals surface area contributed by atoms with Gasteiger partial charge in [-0.3, -0.25) is 0 Å². The molecule has 8 N–H and O–H groups in total. The molecule has 0 radical (unpaired) electrons. The van der Waals surface area contributed by atoms with Crippen LogP contribution in [0.1, 0.15) is 13.3 Å². The third-order valence-electron chi connectivity index (χ3n) is 1.88. The molecule has 5 atom stereocenters. The third-order valence-corrected chi connectivity index (χ3v) is 1.88. The van der Waals surface area contributed by atoms with Crippen molar-refractivity contribution in [1.29, 1.82) is 0 Å². The van der Waals surface area contributed by atoms with Crippen molar-refractivity contribution in [3.63, 3.8) is 0 Å². The van der Waals surface area contributed by atoms with E-state index in [1.54, 1.807) is 0 Å². The molecule has 0 bridgehead atoms.